The summed E-state index contributed by atoms with van der Waals surface area (Å²) in [5, 5.41) is 3.64. The number of hydrogen-bond acceptors (Lipinski definition) is 1. The molecule has 0 heterocycles. The molecule has 1 saturated carbocycles. The molecule has 1 rings (SSSR count). The molecule has 1 unspecified atom stereocenters. The van der Waals surface area contributed by atoms with Gasteiger partial charge in [0.1, 0.15) is 0 Å². The van der Waals surface area contributed by atoms with E-state index in [1.54, 1.807) is 0 Å². The summed E-state index contributed by atoms with van der Waals surface area (Å²) >= 11 is 0. The maximum absolute atomic E-state index is 3.64. The van der Waals surface area contributed by atoms with Gasteiger partial charge in [0.25, 0.3) is 0 Å². The van der Waals surface area contributed by atoms with Gasteiger partial charge in [0, 0.05) is 0 Å². The first-order chi connectivity index (χ1) is 7.88. The van der Waals surface area contributed by atoms with E-state index >= 15 is 0 Å². The van der Waals surface area contributed by atoms with Gasteiger partial charge in [-0.15, -0.1) is 0 Å². The van der Waals surface area contributed by atoms with Crippen LogP contribution in [0.5, 0.6) is 0 Å². The fourth-order valence-electron chi connectivity index (χ4n) is 3.05. The lowest BCUT2D eigenvalue weighted by Crippen LogP contribution is -2.28. The van der Waals surface area contributed by atoms with Crippen molar-refractivity contribution >= 4 is 0 Å². The summed E-state index contributed by atoms with van der Waals surface area (Å²) in [6.45, 7) is 7.05. The second kappa shape index (κ2) is 9.04. The summed E-state index contributed by atoms with van der Waals surface area (Å²) < 4.78 is 0. The summed E-state index contributed by atoms with van der Waals surface area (Å²) in [4.78, 5) is 0. The number of rotatable bonds is 9. The van der Waals surface area contributed by atoms with Crippen molar-refractivity contribution in [2.75, 3.05) is 13.1 Å². The lowest BCUT2D eigenvalue weighted by Gasteiger charge is -2.23. The maximum Gasteiger partial charge on any atom is -0.00179 e. The van der Waals surface area contributed by atoms with Crippen LogP contribution in [0.3, 0.4) is 0 Å². The van der Waals surface area contributed by atoms with Gasteiger partial charge in [-0.2, -0.15) is 0 Å². The quantitative estimate of drug-likeness (QED) is 0.574. The number of hydrogen-bond donors (Lipinski definition) is 1. The number of unbranched alkanes of at least 4 members (excludes halogenated alkanes) is 2. The molecule has 1 N–H and O–H groups in total. The predicted molar refractivity (Wildman–Crippen MR) is 72.8 cm³/mol. The topological polar surface area (TPSA) is 12.0 Å². The molecule has 0 radical (unpaired) electrons. The molecule has 96 valence electrons. The molecule has 0 aliphatic heterocycles. The van der Waals surface area contributed by atoms with Crippen LogP contribution in [0, 0.1) is 11.8 Å². The normalized spacial score (nSPS) is 19.1. The SMILES string of the molecule is CCCCCC(CNCCC)C1CCCC1. The average Bonchev–Trinajstić information content (AvgIpc) is 2.81. The lowest BCUT2D eigenvalue weighted by molar-refractivity contribution is 0.296. The van der Waals surface area contributed by atoms with Crippen LogP contribution >= 0.6 is 0 Å². The third-order valence-corrected chi connectivity index (χ3v) is 4.08. The van der Waals surface area contributed by atoms with Crippen molar-refractivity contribution in [3.63, 3.8) is 0 Å². The summed E-state index contributed by atoms with van der Waals surface area (Å²) in [5.41, 5.74) is 0. The molecule has 0 aromatic heterocycles. The fourth-order valence-corrected chi connectivity index (χ4v) is 3.05. The van der Waals surface area contributed by atoms with Crippen molar-refractivity contribution in [2.45, 2.75) is 71.6 Å². The van der Waals surface area contributed by atoms with Gasteiger partial charge >= 0.3 is 0 Å². The van der Waals surface area contributed by atoms with Crippen LogP contribution in [0.4, 0.5) is 0 Å². The van der Waals surface area contributed by atoms with Crippen molar-refractivity contribution in [3.8, 4) is 0 Å². The molecule has 1 aliphatic carbocycles. The minimum atomic E-state index is 0.973. The third-order valence-electron chi connectivity index (χ3n) is 4.08. The molecule has 1 nitrogen and oxygen atoms in total. The molecular weight excluding hydrogens is 194 g/mol. The molecule has 0 aromatic rings. The maximum atomic E-state index is 3.64. The van der Waals surface area contributed by atoms with Gasteiger partial charge in [-0.05, 0) is 37.8 Å². The van der Waals surface area contributed by atoms with Crippen LogP contribution in [0.25, 0.3) is 0 Å². The van der Waals surface area contributed by atoms with Gasteiger partial charge in [-0.25, -0.2) is 0 Å². The first-order valence-electron chi connectivity index (χ1n) is 7.59. The van der Waals surface area contributed by atoms with Gasteiger partial charge in [-0.3, -0.25) is 0 Å². The van der Waals surface area contributed by atoms with E-state index in [0.29, 0.717) is 0 Å². The lowest BCUT2D eigenvalue weighted by atomic mass is 9.86. The molecular formula is C15H31N. The van der Waals surface area contributed by atoms with Gasteiger partial charge in [0.15, 0.2) is 0 Å². The Labute approximate surface area is 102 Å². The minimum Gasteiger partial charge on any atom is -0.316 e. The molecule has 1 aliphatic rings. The fraction of sp³-hybridized carbons (Fsp3) is 1.00. The van der Waals surface area contributed by atoms with Crippen LogP contribution in [-0.2, 0) is 0 Å². The van der Waals surface area contributed by atoms with Gasteiger partial charge in [-0.1, -0.05) is 58.8 Å². The van der Waals surface area contributed by atoms with Crippen LogP contribution in [-0.4, -0.2) is 13.1 Å². The van der Waals surface area contributed by atoms with Crippen LogP contribution < -0.4 is 5.32 Å². The van der Waals surface area contributed by atoms with Gasteiger partial charge in [0.05, 0.1) is 0 Å². The Morgan fingerprint density at radius 1 is 1.06 bits per heavy atom. The molecule has 0 saturated heterocycles. The monoisotopic (exact) mass is 225 g/mol. The van der Waals surface area contributed by atoms with Crippen LogP contribution in [0.1, 0.15) is 71.6 Å². The highest BCUT2D eigenvalue weighted by Gasteiger charge is 2.23. The van der Waals surface area contributed by atoms with Crippen molar-refractivity contribution < 1.29 is 0 Å². The van der Waals surface area contributed by atoms with E-state index in [0.717, 1.165) is 11.8 Å². The van der Waals surface area contributed by atoms with Gasteiger partial charge < -0.3 is 5.32 Å². The molecule has 1 heteroatoms. The molecule has 16 heavy (non-hydrogen) atoms. The van der Waals surface area contributed by atoms with E-state index in [2.05, 4.69) is 19.2 Å². The zero-order chi connectivity index (χ0) is 11.6. The minimum absolute atomic E-state index is 0.973. The Hall–Kier alpha value is -0.0400. The largest absolute Gasteiger partial charge is 0.316 e. The molecule has 0 spiro atoms. The molecule has 0 bridgehead atoms. The predicted octanol–water partition coefficient (Wildman–Crippen LogP) is 4.37. The Morgan fingerprint density at radius 3 is 2.44 bits per heavy atom. The van der Waals surface area contributed by atoms with E-state index in [4.69, 9.17) is 0 Å². The van der Waals surface area contributed by atoms with Crippen LogP contribution in [0.15, 0.2) is 0 Å². The second-order valence-electron chi connectivity index (χ2n) is 5.50. The zero-order valence-electron chi connectivity index (χ0n) is 11.4. The van der Waals surface area contributed by atoms with E-state index in [-0.39, 0.29) is 0 Å². The Balaban J connectivity index is 2.22. The van der Waals surface area contributed by atoms with Crippen molar-refractivity contribution in [1.29, 1.82) is 0 Å². The smallest absolute Gasteiger partial charge is 0.00179 e. The Kier molecular flexibility index (Phi) is 7.92. The third kappa shape index (κ3) is 5.34. The van der Waals surface area contributed by atoms with Gasteiger partial charge in [0.2, 0.25) is 0 Å². The Bertz CT molecular complexity index is 140. The van der Waals surface area contributed by atoms with Crippen molar-refractivity contribution in [3.05, 3.63) is 0 Å². The highest BCUT2D eigenvalue weighted by molar-refractivity contribution is 4.77. The van der Waals surface area contributed by atoms with E-state index in [1.165, 1.54) is 70.9 Å². The Morgan fingerprint density at radius 2 is 1.81 bits per heavy atom. The molecule has 1 atom stereocenters. The average molecular weight is 225 g/mol. The first kappa shape index (κ1) is 14.0. The highest BCUT2D eigenvalue weighted by atomic mass is 14.9. The van der Waals surface area contributed by atoms with Crippen LogP contribution in [0.2, 0.25) is 0 Å². The van der Waals surface area contributed by atoms with E-state index < -0.39 is 0 Å². The molecule has 0 aromatic carbocycles. The summed E-state index contributed by atoms with van der Waals surface area (Å²) in [5.74, 6) is 2.02. The summed E-state index contributed by atoms with van der Waals surface area (Å²) in [6.07, 6.45) is 13.0. The van der Waals surface area contributed by atoms with E-state index in [1.807, 2.05) is 0 Å². The zero-order valence-corrected chi connectivity index (χ0v) is 11.4. The molecule has 0 amide bonds. The summed E-state index contributed by atoms with van der Waals surface area (Å²) in [7, 11) is 0. The number of nitrogens with one attached hydrogen (secondary N) is 1. The second-order valence-corrected chi connectivity index (χ2v) is 5.50. The first-order valence-corrected chi connectivity index (χ1v) is 7.59. The van der Waals surface area contributed by atoms with Crippen molar-refractivity contribution in [1.82, 2.24) is 5.32 Å². The summed E-state index contributed by atoms with van der Waals surface area (Å²) in [6, 6.07) is 0. The standard InChI is InChI=1S/C15H31N/c1-3-5-6-11-15(13-16-12-4-2)14-9-7-8-10-14/h14-16H,3-13H2,1-2H3. The van der Waals surface area contributed by atoms with E-state index in [9.17, 15) is 0 Å². The molecule has 1 fully saturated rings. The van der Waals surface area contributed by atoms with Crippen molar-refractivity contribution in [2.24, 2.45) is 11.8 Å². The highest BCUT2D eigenvalue weighted by Crippen LogP contribution is 2.33.